The zero-order valence-electron chi connectivity index (χ0n) is 17.8. The van der Waals surface area contributed by atoms with Crippen LogP contribution in [0.25, 0.3) is 11.3 Å². The molecule has 0 unspecified atom stereocenters. The van der Waals surface area contributed by atoms with E-state index in [4.69, 9.17) is 14.2 Å². The highest BCUT2D eigenvalue weighted by Crippen LogP contribution is 2.27. The van der Waals surface area contributed by atoms with Crippen LogP contribution in [0.2, 0.25) is 0 Å². The van der Waals surface area contributed by atoms with Gasteiger partial charge in [0, 0.05) is 5.56 Å². The van der Waals surface area contributed by atoms with Gasteiger partial charge < -0.3 is 14.2 Å². The first-order chi connectivity index (χ1) is 15.1. The quantitative estimate of drug-likeness (QED) is 0.292. The number of ether oxygens (including phenoxy) is 3. The number of carbonyl (C=O) groups excluding carboxylic acids is 1. The Morgan fingerprint density at radius 2 is 1.87 bits per heavy atom. The molecule has 0 saturated heterocycles. The first-order valence-corrected chi connectivity index (χ1v) is 9.98. The highest BCUT2D eigenvalue weighted by molar-refractivity contribution is 5.94. The predicted molar refractivity (Wildman–Crippen MR) is 119 cm³/mol. The van der Waals surface area contributed by atoms with E-state index in [0.29, 0.717) is 29.5 Å². The summed E-state index contributed by atoms with van der Waals surface area (Å²) in [5.74, 6) is 1.62. The number of hydrogen-bond acceptors (Lipinski definition) is 6. The van der Waals surface area contributed by atoms with Gasteiger partial charge in [-0.15, -0.1) is 0 Å². The zero-order chi connectivity index (χ0) is 22.1. The van der Waals surface area contributed by atoms with E-state index in [1.54, 1.807) is 38.5 Å². The minimum atomic E-state index is -0.394. The maximum Gasteiger partial charge on any atom is 0.289 e. The Kier molecular flexibility index (Phi) is 7.64. The molecule has 0 aliphatic rings. The van der Waals surface area contributed by atoms with Gasteiger partial charge in [-0.05, 0) is 60.5 Å². The summed E-state index contributed by atoms with van der Waals surface area (Å²) < 4.78 is 16.1. The Hall–Kier alpha value is -3.81. The van der Waals surface area contributed by atoms with Gasteiger partial charge in [-0.1, -0.05) is 13.3 Å². The molecule has 1 heterocycles. The van der Waals surface area contributed by atoms with Crippen LogP contribution in [-0.2, 0) is 0 Å². The number of carbonyl (C=O) groups is 1. The molecule has 0 fully saturated rings. The van der Waals surface area contributed by atoms with E-state index >= 15 is 0 Å². The maximum atomic E-state index is 12.3. The number of nitrogens with zero attached hydrogens (tertiary/aromatic N) is 2. The average Bonchev–Trinajstić information content (AvgIpc) is 3.30. The minimum Gasteiger partial charge on any atom is -0.494 e. The summed E-state index contributed by atoms with van der Waals surface area (Å²) in [6.45, 7) is 2.83. The summed E-state index contributed by atoms with van der Waals surface area (Å²) in [5, 5.41) is 10.9. The van der Waals surface area contributed by atoms with Gasteiger partial charge in [0.1, 0.15) is 11.4 Å². The molecule has 0 aliphatic heterocycles. The number of benzene rings is 2. The molecule has 31 heavy (non-hydrogen) atoms. The number of aromatic nitrogens is 2. The van der Waals surface area contributed by atoms with Crippen molar-refractivity contribution in [1.29, 1.82) is 0 Å². The lowest BCUT2D eigenvalue weighted by molar-refractivity contribution is 0.0950. The fourth-order valence-electron chi connectivity index (χ4n) is 2.80. The normalized spacial score (nSPS) is 10.8. The van der Waals surface area contributed by atoms with E-state index in [1.807, 2.05) is 24.3 Å². The van der Waals surface area contributed by atoms with Crippen LogP contribution in [0.15, 0.2) is 53.6 Å². The first-order valence-electron chi connectivity index (χ1n) is 9.98. The van der Waals surface area contributed by atoms with Gasteiger partial charge in [0.2, 0.25) is 0 Å². The van der Waals surface area contributed by atoms with Gasteiger partial charge in [0.15, 0.2) is 11.5 Å². The summed E-state index contributed by atoms with van der Waals surface area (Å²) in [5.41, 5.74) is 5.09. The van der Waals surface area contributed by atoms with Gasteiger partial charge in [-0.25, -0.2) is 5.43 Å². The predicted octanol–water partition coefficient (Wildman–Crippen LogP) is 4.04. The largest absolute Gasteiger partial charge is 0.494 e. The van der Waals surface area contributed by atoms with Crippen LogP contribution < -0.4 is 19.6 Å². The number of amides is 1. The Labute approximate surface area is 181 Å². The number of aromatic amines is 1. The number of methoxy groups -OCH3 is 2. The van der Waals surface area contributed by atoms with Crippen LogP contribution in [0, 0.1) is 0 Å². The van der Waals surface area contributed by atoms with E-state index in [9.17, 15) is 4.79 Å². The van der Waals surface area contributed by atoms with E-state index in [-0.39, 0.29) is 0 Å². The highest BCUT2D eigenvalue weighted by Gasteiger charge is 2.11. The molecule has 8 heteroatoms. The molecule has 162 valence electrons. The van der Waals surface area contributed by atoms with Crippen LogP contribution >= 0.6 is 0 Å². The summed E-state index contributed by atoms with van der Waals surface area (Å²) in [6, 6.07) is 14.6. The van der Waals surface area contributed by atoms with E-state index in [1.165, 1.54) is 6.21 Å². The second kappa shape index (κ2) is 10.8. The molecule has 3 rings (SSSR count). The van der Waals surface area contributed by atoms with Crippen molar-refractivity contribution in [2.24, 2.45) is 5.10 Å². The topological polar surface area (TPSA) is 97.8 Å². The number of hydrazone groups is 1. The monoisotopic (exact) mass is 422 g/mol. The number of H-pyrrole nitrogens is 1. The molecule has 8 nitrogen and oxygen atoms in total. The molecule has 2 N–H and O–H groups in total. The lowest BCUT2D eigenvalue weighted by atomic mass is 10.1. The third-order valence-corrected chi connectivity index (χ3v) is 4.53. The molecule has 0 saturated carbocycles. The minimum absolute atomic E-state index is 0.308. The summed E-state index contributed by atoms with van der Waals surface area (Å²) in [6.07, 6.45) is 3.64. The molecular formula is C23H26N4O4. The molecule has 0 spiro atoms. The number of nitrogens with one attached hydrogen (secondary N) is 2. The van der Waals surface area contributed by atoms with Crippen molar-refractivity contribution in [3.05, 3.63) is 59.8 Å². The molecule has 0 bridgehead atoms. The number of rotatable bonds is 10. The molecule has 3 aromatic rings. The molecular weight excluding hydrogens is 396 g/mol. The van der Waals surface area contributed by atoms with E-state index < -0.39 is 5.91 Å². The van der Waals surface area contributed by atoms with Crippen molar-refractivity contribution in [3.63, 3.8) is 0 Å². The fourth-order valence-corrected chi connectivity index (χ4v) is 2.80. The van der Waals surface area contributed by atoms with Crippen molar-refractivity contribution in [2.75, 3.05) is 20.8 Å². The standard InChI is InChI=1S/C23H26N4O4/c1-4-5-12-31-18-9-7-17(8-10-18)19-14-20(26-25-19)23(28)27-24-15-16-6-11-21(29-2)22(13-16)30-3/h6-11,13-15H,4-5,12H2,1-3H3,(H,25,26)(H,27,28)/b24-15-. The molecule has 1 amide bonds. The molecule has 0 aliphatic carbocycles. The van der Waals surface area contributed by atoms with Crippen LogP contribution in [0.1, 0.15) is 35.8 Å². The smallest absolute Gasteiger partial charge is 0.289 e. The summed E-state index contributed by atoms with van der Waals surface area (Å²) in [4.78, 5) is 12.3. The lowest BCUT2D eigenvalue weighted by Gasteiger charge is -2.07. The third-order valence-electron chi connectivity index (χ3n) is 4.53. The van der Waals surface area contributed by atoms with Gasteiger partial charge in [0.25, 0.3) is 5.91 Å². The van der Waals surface area contributed by atoms with Crippen LogP contribution in [-0.4, -0.2) is 43.1 Å². The third kappa shape index (κ3) is 5.85. The van der Waals surface area contributed by atoms with Crippen LogP contribution in [0.3, 0.4) is 0 Å². The van der Waals surface area contributed by atoms with Crippen molar-refractivity contribution < 1.29 is 19.0 Å². The fraction of sp³-hybridized carbons (Fsp3) is 0.261. The van der Waals surface area contributed by atoms with Gasteiger partial charge in [-0.2, -0.15) is 10.2 Å². The van der Waals surface area contributed by atoms with Gasteiger partial charge >= 0.3 is 0 Å². The van der Waals surface area contributed by atoms with Crippen molar-refractivity contribution in [1.82, 2.24) is 15.6 Å². The molecule has 0 radical (unpaired) electrons. The molecule has 0 atom stereocenters. The van der Waals surface area contributed by atoms with Crippen molar-refractivity contribution >= 4 is 12.1 Å². The van der Waals surface area contributed by atoms with E-state index in [0.717, 1.165) is 29.7 Å². The average molecular weight is 422 g/mol. The van der Waals surface area contributed by atoms with Crippen molar-refractivity contribution in [3.8, 4) is 28.5 Å². The van der Waals surface area contributed by atoms with Crippen LogP contribution in [0.5, 0.6) is 17.2 Å². The second-order valence-corrected chi connectivity index (χ2v) is 6.71. The number of hydrogen-bond donors (Lipinski definition) is 2. The lowest BCUT2D eigenvalue weighted by Crippen LogP contribution is -2.18. The SMILES string of the molecule is CCCCOc1ccc(-c2cc(C(=O)N/N=C\c3ccc(OC)c(OC)c3)[nH]n2)cc1. The summed E-state index contributed by atoms with van der Waals surface area (Å²) in [7, 11) is 3.13. The maximum absolute atomic E-state index is 12.3. The van der Waals surface area contributed by atoms with Crippen LogP contribution in [0.4, 0.5) is 0 Å². The molecule has 2 aromatic carbocycles. The second-order valence-electron chi connectivity index (χ2n) is 6.71. The number of unbranched alkanes of at least 4 members (excludes halogenated alkanes) is 1. The highest BCUT2D eigenvalue weighted by atomic mass is 16.5. The Morgan fingerprint density at radius 3 is 2.58 bits per heavy atom. The van der Waals surface area contributed by atoms with Gasteiger partial charge in [-0.3, -0.25) is 9.89 Å². The molecule has 1 aromatic heterocycles. The Balaban J connectivity index is 1.59. The van der Waals surface area contributed by atoms with Gasteiger partial charge in [0.05, 0.1) is 32.7 Å². The Bertz CT molecular complexity index is 1030. The first kappa shape index (κ1) is 21.9. The zero-order valence-corrected chi connectivity index (χ0v) is 17.8. The van der Waals surface area contributed by atoms with Crippen molar-refractivity contribution in [2.45, 2.75) is 19.8 Å². The Morgan fingerprint density at radius 1 is 1.10 bits per heavy atom. The summed E-state index contributed by atoms with van der Waals surface area (Å²) >= 11 is 0. The van der Waals surface area contributed by atoms with E-state index in [2.05, 4.69) is 27.6 Å².